The van der Waals surface area contributed by atoms with Crippen molar-refractivity contribution in [3.05, 3.63) is 82.8 Å². The van der Waals surface area contributed by atoms with Gasteiger partial charge < -0.3 is 4.98 Å². The summed E-state index contributed by atoms with van der Waals surface area (Å²) in [7, 11) is 0. The maximum atomic E-state index is 3.75. The lowest BCUT2D eigenvalue weighted by Gasteiger charge is -2.29. The third-order valence-electron chi connectivity index (χ3n) is 6.61. The second kappa shape index (κ2) is 6.21. The van der Waals surface area contributed by atoms with Gasteiger partial charge in [-0.15, -0.1) is 11.8 Å². The van der Waals surface area contributed by atoms with Crippen molar-refractivity contribution in [1.29, 1.82) is 0 Å². The molecule has 1 aromatic heterocycles. The highest BCUT2D eigenvalue weighted by molar-refractivity contribution is 14.1. The summed E-state index contributed by atoms with van der Waals surface area (Å²) in [5, 5.41) is 3.21. The highest BCUT2D eigenvalue weighted by Crippen LogP contribution is 2.59. The zero-order valence-corrected chi connectivity index (χ0v) is 20.1. The molecule has 2 aliphatic carbocycles. The number of para-hydroxylation sites is 1. The number of thioether (sulfide) groups is 2. The molecule has 2 unspecified atom stereocenters. The van der Waals surface area contributed by atoms with Crippen LogP contribution in [-0.4, -0.2) is 10.2 Å². The Morgan fingerprint density at radius 3 is 2.87 bits per heavy atom. The summed E-state index contributed by atoms with van der Waals surface area (Å²) in [4.78, 5) is 8.09. The summed E-state index contributed by atoms with van der Waals surface area (Å²) in [6.45, 7) is 2.37. The first-order valence-electron chi connectivity index (χ1n) is 10.2. The molecule has 7 rings (SSSR count). The van der Waals surface area contributed by atoms with Gasteiger partial charge in [0, 0.05) is 41.8 Å². The SMILES string of the molecule is CC1(I)c2cc3c(cc2-c2c1ccc1c2[nH]c2ccccc21)SC1=CC=CCC1S3. The fourth-order valence-electron chi connectivity index (χ4n) is 5.14. The van der Waals surface area contributed by atoms with Gasteiger partial charge in [-0.3, -0.25) is 0 Å². The normalized spacial score (nSPS) is 23.8. The lowest BCUT2D eigenvalue weighted by Crippen LogP contribution is -2.13. The van der Waals surface area contributed by atoms with Crippen LogP contribution in [-0.2, 0) is 3.42 Å². The van der Waals surface area contributed by atoms with Crippen molar-refractivity contribution in [3.63, 3.8) is 0 Å². The molecular weight excluding hydrogens is 517 g/mol. The molecule has 4 heteroatoms. The Morgan fingerprint density at radius 1 is 1.03 bits per heavy atom. The molecule has 1 aliphatic heterocycles. The number of rotatable bonds is 0. The molecule has 0 saturated heterocycles. The number of fused-ring (bicyclic) bond motifs is 9. The second-order valence-electron chi connectivity index (χ2n) is 8.37. The number of alkyl halides is 1. The van der Waals surface area contributed by atoms with Crippen LogP contribution < -0.4 is 0 Å². The van der Waals surface area contributed by atoms with Gasteiger partial charge in [0.2, 0.25) is 0 Å². The minimum atomic E-state index is -0.0171. The third kappa shape index (κ3) is 2.33. The molecule has 0 radical (unpaired) electrons. The topological polar surface area (TPSA) is 15.8 Å². The number of benzene rings is 3. The van der Waals surface area contributed by atoms with E-state index in [-0.39, 0.29) is 3.42 Å². The van der Waals surface area contributed by atoms with E-state index in [1.807, 2.05) is 23.5 Å². The first kappa shape index (κ1) is 18.0. The van der Waals surface area contributed by atoms with Crippen LogP contribution in [0, 0.1) is 0 Å². The lowest BCUT2D eigenvalue weighted by molar-refractivity contribution is 0.906. The van der Waals surface area contributed by atoms with E-state index in [2.05, 4.69) is 101 Å². The Hall–Kier alpha value is -1.63. The van der Waals surface area contributed by atoms with Gasteiger partial charge >= 0.3 is 0 Å². The van der Waals surface area contributed by atoms with Gasteiger partial charge in [0.05, 0.1) is 8.94 Å². The Labute approximate surface area is 197 Å². The van der Waals surface area contributed by atoms with E-state index in [1.54, 1.807) is 0 Å². The van der Waals surface area contributed by atoms with E-state index in [0.29, 0.717) is 5.25 Å². The molecule has 30 heavy (non-hydrogen) atoms. The number of H-pyrrole nitrogens is 1. The standard InChI is InChI=1S/C26H18INS2/c1-26(27)17-11-10-15-14-6-2-3-7-19(14)28-25(15)24(17)16-12-22-23(13-18(16)26)30-21-9-5-4-8-20(21)29-22/h2-8,10-13,21,28H,9H2,1H3. The lowest BCUT2D eigenvalue weighted by atomic mass is 9.98. The molecule has 1 N–H and O–H groups in total. The maximum Gasteiger partial charge on any atom is 0.0703 e. The summed E-state index contributed by atoms with van der Waals surface area (Å²) < 4.78 is -0.0171. The van der Waals surface area contributed by atoms with Gasteiger partial charge in [0.1, 0.15) is 0 Å². The van der Waals surface area contributed by atoms with E-state index in [9.17, 15) is 0 Å². The molecule has 3 aromatic carbocycles. The molecule has 4 aromatic rings. The third-order valence-corrected chi connectivity index (χ3v) is 10.6. The van der Waals surface area contributed by atoms with Crippen LogP contribution in [0.1, 0.15) is 24.5 Å². The highest BCUT2D eigenvalue weighted by atomic mass is 127. The fourth-order valence-corrected chi connectivity index (χ4v) is 8.62. The summed E-state index contributed by atoms with van der Waals surface area (Å²) in [5.74, 6) is 0. The number of allylic oxidation sites excluding steroid dienone is 3. The molecule has 0 bridgehead atoms. The first-order chi connectivity index (χ1) is 14.6. The van der Waals surface area contributed by atoms with E-state index < -0.39 is 0 Å². The molecule has 146 valence electrons. The maximum absolute atomic E-state index is 3.75. The highest BCUT2D eigenvalue weighted by Gasteiger charge is 2.40. The van der Waals surface area contributed by atoms with Crippen molar-refractivity contribution in [2.75, 3.05) is 0 Å². The monoisotopic (exact) mass is 535 g/mol. The van der Waals surface area contributed by atoms with Crippen molar-refractivity contribution >= 4 is 67.9 Å². The number of halogens is 1. The first-order valence-corrected chi connectivity index (χ1v) is 13.0. The number of hydrogen-bond donors (Lipinski definition) is 1. The van der Waals surface area contributed by atoms with Gasteiger partial charge in [-0.25, -0.2) is 0 Å². The summed E-state index contributed by atoms with van der Waals surface area (Å²) in [6, 6.07) is 18.3. The van der Waals surface area contributed by atoms with Crippen LogP contribution in [0.5, 0.6) is 0 Å². The molecule has 0 saturated carbocycles. The van der Waals surface area contributed by atoms with Crippen molar-refractivity contribution in [2.24, 2.45) is 0 Å². The van der Waals surface area contributed by atoms with Crippen molar-refractivity contribution in [3.8, 4) is 11.1 Å². The average molecular weight is 535 g/mol. The zero-order valence-electron chi connectivity index (χ0n) is 16.3. The number of hydrogen-bond acceptors (Lipinski definition) is 2. The van der Waals surface area contributed by atoms with Gasteiger partial charge in [0.15, 0.2) is 0 Å². The molecule has 0 amide bonds. The van der Waals surface area contributed by atoms with E-state index in [1.165, 1.54) is 58.8 Å². The zero-order chi connectivity index (χ0) is 20.0. The smallest absolute Gasteiger partial charge is 0.0703 e. The quantitative estimate of drug-likeness (QED) is 0.180. The summed E-state index contributed by atoms with van der Waals surface area (Å²) in [6.07, 6.45) is 7.94. The molecule has 2 heterocycles. The van der Waals surface area contributed by atoms with Crippen molar-refractivity contribution < 1.29 is 0 Å². The second-order valence-corrected chi connectivity index (χ2v) is 12.9. The molecular formula is C26H18INS2. The number of nitrogens with one attached hydrogen (secondary N) is 1. The fraction of sp³-hybridized carbons (Fsp3) is 0.154. The molecule has 1 nitrogen and oxygen atoms in total. The van der Waals surface area contributed by atoms with E-state index in [0.717, 1.165) is 6.42 Å². The minimum Gasteiger partial charge on any atom is -0.354 e. The van der Waals surface area contributed by atoms with Crippen LogP contribution in [0.2, 0.25) is 0 Å². The van der Waals surface area contributed by atoms with Crippen molar-refractivity contribution in [1.82, 2.24) is 4.98 Å². The average Bonchev–Trinajstić information content (AvgIpc) is 3.24. The van der Waals surface area contributed by atoms with E-state index >= 15 is 0 Å². The molecule has 0 fully saturated rings. The molecule has 0 spiro atoms. The number of aromatic nitrogens is 1. The van der Waals surface area contributed by atoms with Crippen LogP contribution in [0.25, 0.3) is 32.9 Å². The van der Waals surface area contributed by atoms with Gasteiger partial charge in [-0.1, -0.05) is 82.9 Å². The van der Waals surface area contributed by atoms with Gasteiger partial charge in [0.25, 0.3) is 0 Å². The van der Waals surface area contributed by atoms with Crippen molar-refractivity contribution in [2.45, 2.75) is 31.8 Å². The summed E-state index contributed by atoms with van der Waals surface area (Å²) in [5.41, 5.74) is 8.17. The summed E-state index contributed by atoms with van der Waals surface area (Å²) >= 11 is 6.67. The largest absolute Gasteiger partial charge is 0.354 e. The Morgan fingerprint density at radius 2 is 1.93 bits per heavy atom. The van der Waals surface area contributed by atoms with Crippen LogP contribution in [0.3, 0.4) is 0 Å². The van der Waals surface area contributed by atoms with Gasteiger partial charge in [-0.2, -0.15) is 0 Å². The minimum absolute atomic E-state index is 0.0171. The predicted molar refractivity (Wildman–Crippen MR) is 139 cm³/mol. The molecule has 3 aliphatic rings. The van der Waals surface area contributed by atoms with Crippen LogP contribution in [0.4, 0.5) is 0 Å². The van der Waals surface area contributed by atoms with Crippen LogP contribution in [0.15, 0.2) is 81.5 Å². The molecule has 2 atom stereocenters. The Kier molecular flexibility index (Phi) is 3.72. The Balaban J connectivity index is 1.52. The Bertz CT molecular complexity index is 1460. The predicted octanol–water partition coefficient (Wildman–Crippen LogP) is 8.41. The van der Waals surface area contributed by atoms with E-state index in [4.69, 9.17) is 0 Å². The van der Waals surface area contributed by atoms with Gasteiger partial charge in [-0.05, 0) is 48.2 Å². The number of aromatic amines is 1. The van der Waals surface area contributed by atoms with Crippen LogP contribution >= 0.6 is 46.1 Å².